The Hall–Kier alpha value is -1.84. The third kappa shape index (κ3) is 2.30. The Kier molecular flexibility index (Phi) is 3.47. The average Bonchev–Trinajstić information content (AvgIpc) is 2.66. The number of carbonyl (C=O) groups is 2. The second kappa shape index (κ2) is 5.27. The van der Waals surface area contributed by atoms with E-state index < -0.39 is 0 Å². The van der Waals surface area contributed by atoms with E-state index in [0.29, 0.717) is 5.69 Å². The Morgan fingerprint density at radius 3 is 2.50 bits per heavy atom. The Morgan fingerprint density at radius 1 is 1.05 bits per heavy atom. The quantitative estimate of drug-likeness (QED) is 0.854. The Balaban J connectivity index is 1.89. The van der Waals surface area contributed by atoms with E-state index in [2.05, 4.69) is 5.32 Å². The summed E-state index contributed by atoms with van der Waals surface area (Å²) in [6, 6.07) is 7.28. The predicted octanol–water partition coefficient (Wildman–Crippen LogP) is 3.00. The summed E-state index contributed by atoms with van der Waals surface area (Å²) in [6.07, 6.45) is 5.13. The van der Waals surface area contributed by atoms with Crippen LogP contribution in [-0.2, 0) is 4.79 Å². The molecule has 1 aromatic carbocycles. The maximum atomic E-state index is 12.7. The highest BCUT2D eigenvalue weighted by atomic mass is 16.2. The summed E-state index contributed by atoms with van der Waals surface area (Å²) in [5.41, 5.74) is 1.78. The van der Waals surface area contributed by atoms with Crippen molar-refractivity contribution in [2.45, 2.75) is 45.1 Å². The molecule has 3 rings (SSSR count). The van der Waals surface area contributed by atoms with Crippen LogP contribution in [0.3, 0.4) is 0 Å². The van der Waals surface area contributed by atoms with Gasteiger partial charge < -0.3 is 5.32 Å². The summed E-state index contributed by atoms with van der Waals surface area (Å²) >= 11 is 0. The monoisotopic (exact) mass is 272 g/mol. The van der Waals surface area contributed by atoms with Gasteiger partial charge in [-0.25, -0.2) is 9.69 Å². The third-order valence-electron chi connectivity index (χ3n) is 4.36. The number of nitrogens with one attached hydrogen (secondary N) is 1. The fraction of sp³-hybridized carbons (Fsp3) is 0.500. The molecular formula is C16H20N2O2. The Bertz CT molecular complexity index is 524. The highest BCUT2D eigenvalue weighted by molar-refractivity contribution is 6.17. The molecule has 106 valence electrons. The normalized spacial score (nSPS) is 26.8. The summed E-state index contributed by atoms with van der Waals surface area (Å²) in [7, 11) is 0. The van der Waals surface area contributed by atoms with E-state index in [1.54, 1.807) is 0 Å². The highest BCUT2D eigenvalue weighted by Gasteiger charge is 2.41. The lowest BCUT2D eigenvalue weighted by Gasteiger charge is -2.36. The van der Waals surface area contributed by atoms with Crippen molar-refractivity contribution in [3.63, 3.8) is 0 Å². The van der Waals surface area contributed by atoms with Gasteiger partial charge in [-0.15, -0.1) is 0 Å². The number of nitrogens with zero attached hydrogens (tertiary/aromatic N) is 1. The van der Waals surface area contributed by atoms with Crippen LogP contribution in [0.2, 0.25) is 0 Å². The molecule has 2 aliphatic rings. The first kappa shape index (κ1) is 13.2. The maximum Gasteiger partial charge on any atom is 0.328 e. The summed E-state index contributed by atoms with van der Waals surface area (Å²) in [5, 5.41) is 3.02. The van der Waals surface area contributed by atoms with Gasteiger partial charge in [-0.3, -0.25) is 4.79 Å². The van der Waals surface area contributed by atoms with E-state index in [-0.39, 0.29) is 23.9 Å². The van der Waals surface area contributed by atoms with E-state index in [1.165, 1.54) is 4.90 Å². The molecule has 2 unspecified atom stereocenters. The third-order valence-corrected chi connectivity index (χ3v) is 4.36. The molecule has 1 heterocycles. The molecule has 4 heteroatoms. The van der Waals surface area contributed by atoms with Crippen LogP contribution in [0, 0.1) is 12.8 Å². The lowest BCUT2D eigenvalue weighted by atomic mass is 9.91. The van der Waals surface area contributed by atoms with Gasteiger partial charge in [0.15, 0.2) is 0 Å². The van der Waals surface area contributed by atoms with Gasteiger partial charge >= 0.3 is 6.03 Å². The molecule has 1 aliphatic carbocycles. The molecular weight excluding hydrogens is 252 g/mol. The van der Waals surface area contributed by atoms with Gasteiger partial charge in [0.2, 0.25) is 5.91 Å². The fourth-order valence-electron chi connectivity index (χ4n) is 3.20. The van der Waals surface area contributed by atoms with Crippen molar-refractivity contribution in [1.82, 2.24) is 5.32 Å². The number of urea groups is 1. The summed E-state index contributed by atoms with van der Waals surface area (Å²) < 4.78 is 0. The van der Waals surface area contributed by atoms with E-state index in [4.69, 9.17) is 0 Å². The van der Waals surface area contributed by atoms with E-state index in [0.717, 1.165) is 37.7 Å². The zero-order valence-electron chi connectivity index (χ0n) is 11.8. The summed E-state index contributed by atoms with van der Waals surface area (Å²) in [6.45, 7) is 1.99. The first-order valence-corrected chi connectivity index (χ1v) is 7.38. The molecule has 1 saturated carbocycles. The number of hydrogen-bond donors (Lipinski definition) is 1. The van der Waals surface area contributed by atoms with Gasteiger partial charge in [-0.05, 0) is 31.9 Å². The van der Waals surface area contributed by atoms with Crippen molar-refractivity contribution in [3.8, 4) is 0 Å². The molecule has 0 radical (unpaired) electrons. The van der Waals surface area contributed by atoms with Crippen molar-refractivity contribution in [2.24, 2.45) is 5.92 Å². The number of aryl methyl sites for hydroxylation is 1. The van der Waals surface area contributed by atoms with Crippen LogP contribution in [0.25, 0.3) is 0 Å². The van der Waals surface area contributed by atoms with Crippen molar-refractivity contribution in [3.05, 3.63) is 29.8 Å². The fourth-order valence-corrected chi connectivity index (χ4v) is 3.20. The van der Waals surface area contributed by atoms with E-state index in [1.807, 2.05) is 31.2 Å². The number of fused-ring (bicyclic) bond motifs is 1. The minimum Gasteiger partial charge on any atom is -0.334 e. The van der Waals surface area contributed by atoms with Crippen LogP contribution in [0.4, 0.5) is 10.5 Å². The Labute approximate surface area is 119 Å². The first-order chi connectivity index (χ1) is 9.66. The molecule has 2 atom stereocenters. The second-order valence-electron chi connectivity index (χ2n) is 5.81. The first-order valence-electron chi connectivity index (χ1n) is 7.38. The van der Waals surface area contributed by atoms with E-state index in [9.17, 15) is 9.59 Å². The van der Waals surface area contributed by atoms with Crippen LogP contribution >= 0.6 is 0 Å². The van der Waals surface area contributed by atoms with Crippen LogP contribution in [0.1, 0.15) is 37.7 Å². The number of anilines is 1. The van der Waals surface area contributed by atoms with Crippen LogP contribution < -0.4 is 10.2 Å². The number of hydrogen-bond acceptors (Lipinski definition) is 2. The minimum atomic E-state index is -0.276. The molecule has 3 amide bonds. The van der Waals surface area contributed by atoms with Gasteiger partial charge in [-0.2, -0.15) is 0 Å². The van der Waals surface area contributed by atoms with E-state index >= 15 is 0 Å². The van der Waals surface area contributed by atoms with Crippen LogP contribution in [0.5, 0.6) is 0 Å². The molecule has 0 spiro atoms. The zero-order valence-corrected chi connectivity index (χ0v) is 11.8. The van der Waals surface area contributed by atoms with Gasteiger partial charge in [-0.1, -0.05) is 37.0 Å². The summed E-state index contributed by atoms with van der Waals surface area (Å²) in [4.78, 5) is 26.2. The van der Waals surface area contributed by atoms with Gasteiger partial charge in [0.25, 0.3) is 0 Å². The summed E-state index contributed by atoms with van der Waals surface area (Å²) in [5.74, 6) is -0.0963. The number of amides is 3. The topological polar surface area (TPSA) is 49.4 Å². The zero-order chi connectivity index (χ0) is 14.1. The smallest absolute Gasteiger partial charge is 0.328 e. The van der Waals surface area contributed by atoms with Crippen molar-refractivity contribution >= 4 is 17.6 Å². The maximum absolute atomic E-state index is 12.7. The standard InChI is InChI=1S/C16H20N2O2/c1-11-7-9-12(10-8-11)18-15(19)13-5-3-2-4-6-14(13)17-16(18)20/h7-10,13-14H,2-6H2,1H3,(H,17,20). The van der Waals surface area contributed by atoms with Gasteiger partial charge in [0, 0.05) is 6.04 Å². The molecule has 20 heavy (non-hydrogen) atoms. The van der Waals surface area contributed by atoms with Crippen LogP contribution in [0.15, 0.2) is 24.3 Å². The molecule has 1 N–H and O–H groups in total. The van der Waals surface area contributed by atoms with Gasteiger partial charge in [0.1, 0.15) is 0 Å². The highest BCUT2D eigenvalue weighted by Crippen LogP contribution is 2.30. The molecule has 1 aliphatic heterocycles. The number of rotatable bonds is 1. The number of carbonyl (C=O) groups excluding carboxylic acids is 2. The molecule has 0 aromatic heterocycles. The molecule has 1 saturated heterocycles. The predicted molar refractivity (Wildman–Crippen MR) is 77.6 cm³/mol. The molecule has 4 nitrogen and oxygen atoms in total. The average molecular weight is 272 g/mol. The lowest BCUT2D eigenvalue weighted by molar-refractivity contribution is -0.123. The molecule has 0 bridgehead atoms. The minimum absolute atomic E-state index is 0.0270. The molecule has 1 aromatic rings. The van der Waals surface area contributed by atoms with Crippen molar-refractivity contribution in [2.75, 3.05) is 4.90 Å². The van der Waals surface area contributed by atoms with Crippen molar-refractivity contribution < 1.29 is 9.59 Å². The number of benzene rings is 1. The van der Waals surface area contributed by atoms with Crippen molar-refractivity contribution in [1.29, 1.82) is 0 Å². The molecule has 2 fully saturated rings. The van der Waals surface area contributed by atoms with Crippen LogP contribution in [-0.4, -0.2) is 18.0 Å². The largest absolute Gasteiger partial charge is 0.334 e. The van der Waals surface area contributed by atoms with Gasteiger partial charge in [0.05, 0.1) is 11.6 Å². The Morgan fingerprint density at radius 2 is 1.75 bits per heavy atom. The lowest BCUT2D eigenvalue weighted by Crippen LogP contribution is -2.60. The second-order valence-corrected chi connectivity index (χ2v) is 5.81. The number of imide groups is 1. The SMILES string of the molecule is Cc1ccc(N2C(=O)NC3CCCCCC3C2=O)cc1.